The Morgan fingerprint density at radius 1 is 1.32 bits per heavy atom. The zero-order chi connectivity index (χ0) is 14.6. The first-order valence-corrected chi connectivity index (χ1v) is 6.03. The van der Waals surface area contributed by atoms with Gasteiger partial charge in [0.2, 0.25) is 0 Å². The third kappa shape index (κ3) is 4.87. The van der Waals surface area contributed by atoms with E-state index in [1.54, 1.807) is 0 Å². The molecule has 0 aliphatic carbocycles. The van der Waals surface area contributed by atoms with Gasteiger partial charge in [-0.1, -0.05) is 11.6 Å². The molecule has 1 aromatic rings. The molecule has 0 aromatic heterocycles. The number of rotatable bonds is 4. The largest absolute Gasteiger partial charge is 0.406 e. The maximum atomic E-state index is 13.5. The summed E-state index contributed by atoms with van der Waals surface area (Å²) < 4.78 is 50.4. The fraction of sp³-hybridized carbons (Fsp3) is 0.364. The highest BCUT2D eigenvalue weighted by atomic mass is 35.5. The van der Waals surface area contributed by atoms with Crippen molar-refractivity contribution >= 4 is 29.1 Å². The summed E-state index contributed by atoms with van der Waals surface area (Å²) in [5.41, 5.74) is -0.473. The molecule has 0 radical (unpaired) electrons. The zero-order valence-corrected chi connectivity index (χ0v) is 11.0. The number of carbonyl (C=O) groups excluding carboxylic acids is 1. The first kappa shape index (κ1) is 16.0. The number of alkyl halides is 4. The second kappa shape index (κ2) is 6.43. The highest BCUT2D eigenvalue weighted by molar-refractivity contribution is 6.30. The van der Waals surface area contributed by atoms with Crippen molar-refractivity contribution < 1.29 is 22.4 Å². The van der Waals surface area contributed by atoms with Crippen LogP contribution in [0.1, 0.15) is 10.4 Å². The Morgan fingerprint density at radius 2 is 1.95 bits per heavy atom. The van der Waals surface area contributed by atoms with E-state index in [0.29, 0.717) is 4.90 Å². The molecule has 2 nitrogen and oxygen atoms in total. The van der Waals surface area contributed by atoms with Crippen molar-refractivity contribution in [3.05, 3.63) is 34.6 Å². The van der Waals surface area contributed by atoms with Crippen molar-refractivity contribution in [2.24, 2.45) is 0 Å². The van der Waals surface area contributed by atoms with E-state index in [4.69, 9.17) is 23.2 Å². The van der Waals surface area contributed by atoms with Crippen molar-refractivity contribution in [1.82, 2.24) is 4.90 Å². The first-order chi connectivity index (χ1) is 8.74. The highest BCUT2D eigenvalue weighted by Crippen LogP contribution is 2.20. The van der Waals surface area contributed by atoms with Gasteiger partial charge in [-0.25, -0.2) is 4.39 Å². The number of amides is 1. The second-order valence-electron chi connectivity index (χ2n) is 3.66. The average molecular weight is 318 g/mol. The molecular weight excluding hydrogens is 309 g/mol. The summed E-state index contributed by atoms with van der Waals surface area (Å²) in [4.78, 5) is 12.3. The quantitative estimate of drug-likeness (QED) is 0.612. The second-order valence-corrected chi connectivity index (χ2v) is 4.47. The number of carbonyl (C=O) groups is 1. The van der Waals surface area contributed by atoms with Gasteiger partial charge in [-0.05, 0) is 18.2 Å². The third-order valence-corrected chi connectivity index (χ3v) is 2.58. The minimum absolute atomic E-state index is 0.0498. The molecule has 0 bridgehead atoms. The Morgan fingerprint density at radius 3 is 2.42 bits per heavy atom. The molecule has 0 unspecified atom stereocenters. The standard InChI is InChI=1S/C11H9Cl2F4NO/c12-3-4-18(6-11(15,16)17)10(19)8-2-1-7(13)5-9(8)14/h1-2,5H,3-4,6H2. The van der Waals surface area contributed by atoms with Crippen LogP contribution in [0.2, 0.25) is 5.02 Å². The van der Waals surface area contributed by atoms with Crippen molar-refractivity contribution in [3.8, 4) is 0 Å². The van der Waals surface area contributed by atoms with Crippen LogP contribution in [0.4, 0.5) is 17.6 Å². The summed E-state index contributed by atoms with van der Waals surface area (Å²) in [6.45, 7) is -1.82. The SMILES string of the molecule is O=C(c1ccc(Cl)cc1F)N(CCCl)CC(F)(F)F. The molecule has 0 N–H and O–H groups in total. The van der Waals surface area contributed by atoms with Gasteiger partial charge < -0.3 is 4.90 Å². The number of hydrogen-bond acceptors (Lipinski definition) is 1. The van der Waals surface area contributed by atoms with Gasteiger partial charge in [0.25, 0.3) is 5.91 Å². The Kier molecular flexibility index (Phi) is 5.43. The lowest BCUT2D eigenvalue weighted by atomic mass is 10.2. The van der Waals surface area contributed by atoms with Crippen molar-refractivity contribution in [2.75, 3.05) is 19.0 Å². The fourth-order valence-electron chi connectivity index (χ4n) is 1.40. The van der Waals surface area contributed by atoms with E-state index in [9.17, 15) is 22.4 Å². The van der Waals surface area contributed by atoms with E-state index in [2.05, 4.69) is 0 Å². The molecule has 1 rings (SSSR count). The van der Waals surface area contributed by atoms with Crippen LogP contribution >= 0.6 is 23.2 Å². The summed E-state index contributed by atoms with van der Waals surface area (Å²) in [5.74, 6) is -2.23. The lowest BCUT2D eigenvalue weighted by Gasteiger charge is -2.23. The maximum Gasteiger partial charge on any atom is 0.406 e. The van der Waals surface area contributed by atoms with Crippen LogP contribution in [-0.4, -0.2) is 36.0 Å². The van der Waals surface area contributed by atoms with E-state index in [0.717, 1.165) is 12.1 Å². The molecule has 0 saturated heterocycles. The summed E-state index contributed by atoms with van der Waals surface area (Å²) in [6, 6.07) is 3.13. The van der Waals surface area contributed by atoms with Crippen LogP contribution < -0.4 is 0 Å². The highest BCUT2D eigenvalue weighted by Gasteiger charge is 2.33. The molecule has 1 aromatic carbocycles. The predicted molar refractivity (Wildman–Crippen MR) is 64.1 cm³/mol. The molecule has 0 aliphatic heterocycles. The molecule has 0 fully saturated rings. The number of hydrogen-bond donors (Lipinski definition) is 0. The number of nitrogens with zero attached hydrogens (tertiary/aromatic N) is 1. The number of benzene rings is 1. The molecule has 0 atom stereocenters. The summed E-state index contributed by atoms with van der Waals surface area (Å²) >= 11 is 10.8. The molecule has 0 spiro atoms. The Balaban J connectivity index is 2.99. The molecule has 8 heteroatoms. The molecular formula is C11H9Cl2F4NO. The predicted octanol–water partition coefficient (Wildman–Crippen LogP) is 3.72. The van der Waals surface area contributed by atoms with Gasteiger partial charge in [-0.3, -0.25) is 4.79 Å². The molecule has 0 heterocycles. The van der Waals surface area contributed by atoms with Crippen LogP contribution in [0.25, 0.3) is 0 Å². The van der Waals surface area contributed by atoms with E-state index in [1.807, 2.05) is 0 Å². The molecule has 0 aliphatic rings. The Hall–Kier alpha value is -1.01. The zero-order valence-electron chi connectivity index (χ0n) is 9.48. The topological polar surface area (TPSA) is 20.3 Å². The Labute approximate surface area is 116 Å². The Bertz CT molecular complexity index is 464. The lowest BCUT2D eigenvalue weighted by molar-refractivity contribution is -0.140. The van der Waals surface area contributed by atoms with Crippen LogP contribution in [0.15, 0.2) is 18.2 Å². The van der Waals surface area contributed by atoms with Crippen LogP contribution in [0.5, 0.6) is 0 Å². The van der Waals surface area contributed by atoms with Gasteiger partial charge in [0.1, 0.15) is 12.4 Å². The molecule has 106 valence electrons. The summed E-state index contributed by atoms with van der Waals surface area (Å²) in [6.07, 6.45) is -4.58. The van der Waals surface area contributed by atoms with E-state index < -0.39 is 30.0 Å². The maximum absolute atomic E-state index is 13.5. The van der Waals surface area contributed by atoms with E-state index in [-0.39, 0.29) is 17.4 Å². The van der Waals surface area contributed by atoms with Gasteiger partial charge in [0.05, 0.1) is 5.56 Å². The minimum atomic E-state index is -4.58. The van der Waals surface area contributed by atoms with Gasteiger partial charge in [0.15, 0.2) is 0 Å². The van der Waals surface area contributed by atoms with Crippen LogP contribution in [0, 0.1) is 5.82 Å². The third-order valence-electron chi connectivity index (χ3n) is 2.17. The van der Waals surface area contributed by atoms with Crippen molar-refractivity contribution in [1.29, 1.82) is 0 Å². The van der Waals surface area contributed by atoms with Crippen LogP contribution in [0.3, 0.4) is 0 Å². The van der Waals surface area contributed by atoms with Gasteiger partial charge >= 0.3 is 6.18 Å². The van der Waals surface area contributed by atoms with Crippen molar-refractivity contribution in [2.45, 2.75) is 6.18 Å². The normalized spacial score (nSPS) is 11.5. The summed E-state index contributed by atoms with van der Waals surface area (Å²) in [5, 5.41) is 0.0498. The van der Waals surface area contributed by atoms with E-state index >= 15 is 0 Å². The summed E-state index contributed by atoms with van der Waals surface area (Å²) in [7, 11) is 0. The smallest absolute Gasteiger partial charge is 0.328 e. The van der Waals surface area contributed by atoms with E-state index in [1.165, 1.54) is 6.07 Å². The molecule has 19 heavy (non-hydrogen) atoms. The first-order valence-electron chi connectivity index (χ1n) is 5.11. The van der Waals surface area contributed by atoms with Gasteiger partial charge in [0, 0.05) is 17.4 Å². The monoisotopic (exact) mass is 317 g/mol. The molecule has 0 saturated carbocycles. The molecule has 1 amide bonds. The minimum Gasteiger partial charge on any atom is -0.328 e. The van der Waals surface area contributed by atoms with Gasteiger partial charge in [-0.15, -0.1) is 11.6 Å². The number of halogens is 6. The van der Waals surface area contributed by atoms with Crippen LogP contribution in [-0.2, 0) is 0 Å². The fourth-order valence-corrected chi connectivity index (χ4v) is 1.77. The van der Waals surface area contributed by atoms with Crippen molar-refractivity contribution in [3.63, 3.8) is 0 Å². The van der Waals surface area contributed by atoms with Gasteiger partial charge in [-0.2, -0.15) is 13.2 Å². The average Bonchev–Trinajstić information content (AvgIpc) is 2.26. The lowest BCUT2D eigenvalue weighted by Crippen LogP contribution is -2.40.